The lowest BCUT2D eigenvalue weighted by Gasteiger charge is -2.05. The maximum absolute atomic E-state index is 12.0. The van der Waals surface area contributed by atoms with E-state index in [2.05, 4.69) is 4.98 Å². The fraction of sp³-hybridized carbons (Fsp3) is 0.286. The molecular weight excluding hydrogens is 226 g/mol. The van der Waals surface area contributed by atoms with E-state index in [4.69, 9.17) is 11.6 Å². The van der Waals surface area contributed by atoms with Crippen molar-refractivity contribution in [3.05, 3.63) is 29.6 Å². The summed E-state index contributed by atoms with van der Waals surface area (Å²) in [6.07, 6.45) is -3.29. The van der Waals surface area contributed by atoms with Gasteiger partial charge in [0.15, 0.2) is 0 Å². The van der Waals surface area contributed by atoms with E-state index in [0.717, 1.165) is 12.3 Å². The van der Waals surface area contributed by atoms with Crippen LogP contribution in [0.15, 0.2) is 18.3 Å². The predicted molar refractivity (Wildman–Crippen MR) is 46.0 cm³/mol. The minimum atomic E-state index is -4.39. The molecule has 6 heteroatoms. The Labute approximate surface area is 84.3 Å². The van der Waals surface area contributed by atoms with E-state index in [1.165, 1.54) is 6.07 Å². The molecule has 0 saturated carbocycles. The summed E-state index contributed by atoms with van der Waals surface area (Å²) >= 11 is 5.35. The number of rotatable bonds is 1. The largest absolute Gasteiger partial charge is 0.433 e. The lowest BCUT2D eigenvalue weighted by Crippen LogP contribution is -2.07. The SMILES string of the molecule is Cl.FC(F)(F)c1cc(CCl)ccn1. The summed E-state index contributed by atoms with van der Waals surface area (Å²) in [5, 5.41) is 0. The Kier molecular flexibility index (Phi) is 4.50. The van der Waals surface area contributed by atoms with Crippen molar-refractivity contribution in [1.29, 1.82) is 0 Å². The first kappa shape index (κ1) is 12.5. The molecule has 0 bridgehead atoms. The van der Waals surface area contributed by atoms with Crippen LogP contribution in [0.4, 0.5) is 13.2 Å². The van der Waals surface area contributed by atoms with Crippen LogP contribution in [0.1, 0.15) is 11.3 Å². The third kappa shape index (κ3) is 3.40. The van der Waals surface area contributed by atoms with Gasteiger partial charge in [0.05, 0.1) is 0 Å². The Morgan fingerprint density at radius 2 is 2.00 bits per heavy atom. The normalized spacial score (nSPS) is 10.8. The highest BCUT2D eigenvalue weighted by atomic mass is 35.5. The van der Waals surface area contributed by atoms with Crippen molar-refractivity contribution >= 4 is 24.0 Å². The average Bonchev–Trinajstić information content (AvgIpc) is 2.03. The van der Waals surface area contributed by atoms with Crippen molar-refractivity contribution in [2.24, 2.45) is 0 Å². The molecule has 0 amide bonds. The number of hydrogen-bond donors (Lipinski definition) is 0. The third-order valence-corrected chi connectivity index (χ3v) is 1.58. The van der Waals surface area contributed by atoms with Gasteiger partial charge in [-0.1, -0.05) is 0 Å². The van der Waals surface area contributed by atoms with Crippen molar-refractivity contribution < 1.29 is 13.2 Å². The molecule has 0 radical (unpaired) electrons. The third-order valence-electron chi connectivity index (χ3n) is 1.27. The van der Waals surface area contributed by atoms with Gasteiger partial charge in [-0.3, -0.25) is 4.98 Å². The van der Waals surface area contributed by atoms with Crippen LogP contribution < -0.4 is 0 Å². The van der Waals surface area contributed by atoms with Gasteiger partial charge in [-0.25, -0.2) is 0 Å². The first-order valence-electron chi connectivity index (χ1n) is 3.12. The molecule has 1 heterocycles. The van der Waals surface area contributed by atoms with Gasteiger partial charge >= 0.3 is 6.18 Å². The highest BCUT2D eigenvalue weighted by Gasteiger charge is 2.32. The van der Waals surface area contributed by atoms with Gasteiger partial charge in [0.1, 0.15) is 5.69 Å². The topological polar surface area (TPSA) is 12.9 Å². The quantitative estimate of drug-likeness (QED) is 0.677. The molecule has 0 aliphatic heterocycles. The van der Waals surface area contributed by atoms with Crippen LogP contribution in [0.2, 0.25) is 0 Å². The van der Waals surface area contributed by atoms with Crippen molar-refractivity contribution in [2.45, 2.75) is 12.1 Å². The van der Waals surface area contributed by atoms with Crippen LogP contribution in [0.25, 0.3) is 0 Å². The molecule has 0 atom stereocenters. The van der Waals surface area contributed by atoms with E-state index in [0.29, 0.717) is 5.56 Å². The highest BCUT2D eigenvalue weighted by molar-refractivity contribution is 6.17. The standard InChI is InChI=1S/C7H5ClF3N.ClH/c8-4-5-1-2-12-6(3-5)7(9,10)11;/h1-3H,4H2;1H. The molecular formula is C7H6Cl2F3N. The number of nitrogens with zero attached hydrogens (tertiary/aromatic N) is 1. The monoisotopic (exact) mass is 231 g/mol. The van der Waals surface area contributed by atoms with Crippen LogP contribution in [0.5, 0.6) is 0 Å². The lowest BCUT2D eigenvalue weighted by molar-refractivity contribution is -0.141. The van der Waals surface area contributed by atoms with Crippen molar-refractivity contribution in [2.75, 3.05) is 0 Å². The van der Waals surface area contributed by atoms with Crippen LogP contribution in [-0.2, 0) is 12.1 Å². The molecule has 1 rings (SSSR count). The van der Waals surface area contributed by atoms with Gasteiger partial charge in [0.25, 0.3) is 0 Å². The second-order valence-corrected chi connectivity index (χ2v) is 2.45. The number of aromatic nitrogens is 1. The minimum Gasteiger partial charge on any atom is -0.252 e. The predicted octanol–water partition coefficient (Wildman–Crippen LogP) is 3.26. The zero-order valence-corrected chi connectivity index (χ0v) is 7.88. The van der Waals surface area contributed by atoms with Crippen molar-refractivity contribution in [3.63, 3.8) is 0 Å². The molecule has 1 aromatic rings. The summed E-state index contributed by atoms with van der Waals surface area (Å²) in [5.74, 6) is 0.0611. The number of hydrogen-bond acceptors (Lipinski definition) is 1. The molecule has 0 aromatic carbocycles. The van der Waals surface area contributed by atoms with E-state index < -0.39 is 11.9 Å². The van der Waals surface area contributed by atoms with Gasteiger partial charge in [0, 0.05) is 12.1 Å². The van der Waals surface area contributed by atoms with Crippen LogP contribution in [-0.4, -0.2) is 4.98 Å². The molecule has 74 valence electrons. The number of alkyl halides is 4. The Morgan fingerprint density at radius 3 is 2.46 bits per heavy atom. The first-order chi connectivity index (χ1) is 5.54. The average molecular weight is 232 g/mol. The van der Waals surface area contributed by atoms with E-state index in [1.54, 1.807) is 0 Å². The Balaban J connectivity index is 0.00000144. The first-order valence-corrected chi connectivity index (χ1v) is 3.65. The van der Waals surface area contributed by atoms with Crippen LogP contribution >= 0.6 is 24.0 Å². The van der Waals surface area contributed by atoms with Gasteiger partial charge in [-0.05, 0) is 17.7 Å². The molecule has 0 fully saturated rings. The van der Waals surface area contributed by atoms with Crippen molar-refractivity contribution in [1.82, 2.24) is 4.98 Å². The summed E-state index contributed by atoms with van der Waals surface area (Å²) in [5.41, 5.74) is -0.486. The molecule has 0 aliphatic carbocycles. The van der Waals surface area contributed by atoms with E-state index in [9.17, 15) is 13.2 Å². The van der Waals surface area contributed by atoms with E-state index in [-0.39, 0.29) is 18.3 Å². The van der Waals surface area contributed by atoms with Gasteiger partial charge in [-0.2, -0.15) is 13.2 Å². The number of halogens is 5. The molecule has 0 N–H and O–H groups in total. The maximum atomic E-state index is 12.0. The molecule has 1 aromatic heterocycles. The smallest absolute Gasteiger partial charge is 0.252 e. The van der Waals surface area contributed by atoms with Crippen molar-refractivity contribution in [3.8, 4) is 0 Å². The minimum absolute atomic E-state index is 0. The lowest BCUT2D eigenvalue weighted by atomic mass is 10.2. The summed E-state index contributed by atoms with van der Waals surface area (Å²) < 4.78 is 36.0. The molecule has 1 nitrogen and oxygen atoms in total. The summed E-state index contributed by atoms with van der Waals surface area (Å²) in [6.45, 7) is 0. The molecule has 0 unspecified atom stereocenters. The molecule has 0 saturated heterocycles. The highest BCUT2D eigenvalue weighted by Crippen LogP contribution is 2.27. The molecule has 0 aliphatic rings. The second kappa shape index (κ2) is 4.67. The zero-order chi connectivity index (χ0) is 9.19. The number of pyridine rings is 1. The maximum Gasteiger partial charge on any atom is 0.433 e. The Bertz CT molecular complexity index is 275. The summed E-state index contributed by atoms with van der Waals surface area (Å²) in [6, 6.07) is 2.38. The van der Waals surface area contributed by atoms with E-state index in [1.807, 2.05) is 0 Å². The Morgan fingerprint density at radius 1 is 1.38 bits per heavy atom. The fourth-order valence-electron chi connectivity index (χ4n) is 0.712. The van der Waals surface area contributed by atoms with Crippen LogP contribution in [0.3, 0.4) is 0 Å². The summed E-state index contributed by atoms with van der Waals surface area (Å²) in [4.78, 5) is 3.17. The Hall–Kier alpha value is -0.480. The molecule has 0 spiro atoms. The van der Waals surface area contributed by atoms with E-state index >= 15 is 0 Å². The second-order valence-electron chi connectivity index (χ2n) is 2.18. The van der Waals surface area contributed by atoms with Crippen LogP contribution in [0, 0.1) is 0 Å². The van der Waals surface area contributed by atoms with Gasteiger partial charge in [-0.15, -0.1) is 24.0 Å². The fourth-order valence-corrected chi connectivity index (χ4v) is 0.879. The summed E-state index contributed by atoms with van der Waals surface area (Å²) in [7, 11) is 0. The zero-order valence-electron chi connectivity index (χ0n) is 6.31. The van der Waals surface area contributed by atoms with Gasteiger partial charge < -0.3 is 0 Å². The molecule has 13 heavy (non-hydrogen) atoms. The van der Waals surface area contributed by atoms with Gasteiger partial charge in [0.2, 0.25) is 0 Å².